The lowest BCUT2D eigenvalue weighted by atomic mass is 9.98. The maximum atomic E-state index is 13.7. The number of carbonyl (C=O) groups excluding carboxylic acids is 1. The zero-order valence-electron chi connectivity index (χ0n) is 26.6. The fourth-order valence-electron chi connectivity index (χ4n) is 4.25. The van der Waals surface area contributed by atoms with Gasteiger partial charge in [0.2, 0.25) is 0 Å². The standard InChI is InChI=1S/C29H33F18NO4/c30-22(31,24(34,35)26(38,39)28(42,43)44)11-5-1-3-7-15-51-19-10-9-18(21(50)48-13-14-49)17-20(19)52-16-8-4-2-6-12-23(32,33)25(36,37)27(40,41)29(45,46)47/h9-10,17,49H,1-8,11-16H2,(H,48,50). The molecule has 0 aromatic heterocycles. The number of rotatable bonds is 23. The van der Waals surface area contributed by atoms with Crippen molar-refractivity contribution in [3.05, 3.63) is 23.8 Å². The van der Waals surface area contributed by atoms with Gasteiger partial charge in [0.15, 0.2) is 11.5 Å². The number of hydrogen-bond acceptors (Lipinski definition) is 4. The van der Waals surface area contributed by atoms with Crippen LogP contribution in [0.15, 0.2) is 18.2 Å². The van der Waals surface area contributed by atoms with Gasteiger partial charge in [0.25, 0.3) is 5.91 Å². The molecule has 0 fully saturated rings. The predicted octanol–water partition coefficient (Wildman–Crippen LogP) is 10.0. The minimum Gasteiger partial charge on any atom is -0.490 e. The van der Waals surface area contributed by atoms with Gasteiger partial charge < -0.3 is 19.9 Å². The summed E-state index contributed by atoms with van der Waals surface area (Å²) < 4.78 is 244. The lowest BCUT2D eigenvalue weighted by Crippen LogP contribution is -2.60. The molecule has 2 N–H and O–H groups in total. The Labute approximate surface area is 284 Å². The first-order valence-corrected chi connectivity index (χ1v) is 15.2. The maximum Gasteiger partial charge on any atom is 0.460 e. The number of benzene rings is 1. The van der Waals surface area contributed by atoms with E-state index in [2.05, 4.69) is 5.32 Å². The molecule has 0 spiro atoms. The Kier molecular flexibility index (Phi) is 16.2. The molecule has 1 aromatic carbocycles. The third-order valence-corrected chi connectivity index (χ3v) is 7.31. The van der Waals surface area contributed by atoms with Gasteiger partial charge >= 0.3 is 47.9 Å². The van der Waals surface area contributed by atoms with E-state index in [1.165, 1.54) is 12.1 Å². The molecule has 1 amide bonds. The van der Waals surface area contributed by atoms with E-state index < -0.39 is 86.1 Å². The zero-order chi connectivity index (χ0) is 40.5. The Bertz CT molecular complexity index is 1270. The molecule has 5 nitrogen and oxygen atoms in total. The van der Waals surface area contributed by atoms with E-state index >= 15 is 0 Å². The smallest absolute Gasteiger partial charge is 0.460 e. The van der Waals surface area contributed by atoms with Gasteiger partial charge in [-0.2, -0.15) is 79.0 Å². The van der Waals surface area contributed by atoms with Crippen molar-refractivity contribution < 1.29 is 98.4 Å². The number of nitrogens with one attached hydrogen (secondary N) is 1. The highest BCUT2D eigenvalue weighted by Crippen LogP contribution is 2.55. The third kappa shape index (κ3) is 11.3. The normalized spacial score (nSPS) is 14.1. The number of amides is 1. The second-order valence-electron chi connectivity index (χ2n) is 11.4. The van der Waals surface area contributed by atoms with Crippen LogP contribution in [0.25, 0.3) is 0 Å². The zero-order valence-corrected chi connectivity index (χ0v) is 26.6. The summed E-state index contributed by atoms with van der Waals surface area (Å²) in [6.45, 7) is -1.09. The van der Waals surface area contributed by atoms with Gasteiger partial charge in [-0.3, -0.25) is 4.79 Å². The van der Waals surface area contributed by atoms with Crippen molar-refractivity contribution in [2.45, 2.75) is 112 Å². The molecule has 52 heavy (non-hydrogen) atoms. The van der Waals surface area contributed by atoms with Crippen molar-refractivity contribution in [1.82, 2.24) is 5.32 Å². The van der Waals surface area contributed by atoms with Crippen LogP contribution in [0.1, 0.15) is 74.6 Å². The molecule has 0 saturated heterocycles. The average Bonchev–Trinajstić information content (AvgIpc) is 3.01. The van der Waals surface area contributed by atoms with Gasteiger partial charge in [0.05, 0.1) is 19.8 Å². The molecule has 1 rings (SSSR count). The van der Waals surface area contributed by atoms with E-state index in [0.717, 1.165) is 6.07 Å². The van der Waals surface area contributed by atoms with Crippen LogP contribution in [0.2, 0.25) is 0 Å². The molecule has 0 saturated carbocycles. The average molecular weight is 802 g/mol. The summed E-state index contributed by atoms with van der Waals surface area (Å²) >= 11 is 0. The molecule has 0 radical (unpaired) electrons. The molecular formula is C29H33F18NO4. The summed E-state index contributed by atoms with van der Waals surface area (Å²) in [7, 11) is 0. The molecule has 0 atom stereocenters. The molecule has 0 aliphatic carbocycles. The van der Waals surface area contributed by atoms with Crippen molar-refractivity contribution in [2.75, 3.05) is 26.4 Å². The summed E-state index contributed by atoms with van der Waals surface area (Å²) in [4.78, 5) is 12.2. The van der Waals surface area contributed by atoms with E-state index in [4.69, 9.17) is 14.6 Å². The number of aliphatic hydroxyl groups is 1. The van der Waals surface area contributed by atoms with Crippen molar-refractivity contribution in [1.29, 1.82) is 0 Å². The number of ether oxygens (including phenoxy) is 2. The highest BCUT2D eigenvalue weighted by Gasteiger charge is 2.82. The van der Waals surface area contributed by atoms with E-state index in [1.807, 2.05) is 0 Å². The van der Waals surface area contributed by atoms with E-state index in [9.17, 15) is 83.8 Å². The SMILES string of the molecule is O=C(NCCO)c1ccc(OCCCCCCC(F)(F)C(F)(F)C(F)(F)C(F)(F)F)c(OCCCCCCC(F)(F)C(F)(F)C(F)(F)C(F)(F)F)c1. The largest absolute Gasteiger partial charge is 0.490 e. The first kappa shape index (κ1) is 47.0. The number of carbonyl (C=O) groups is 1. The van der Waals surface area contributed by atoms with Gasteiger partial charge in [-0.05, 0) is 43.9 Å². The highest BCUT2D eigenvalue weighted by atomic mass is 19.4. The van der Waals surface area contributed by atoms with E-state index in [0.29, 0.717) is 0 Å². The number of hydrogen-bond donors (Lipinski definition) is 2. The molecule has 1 aromatic rings. The molecule has 0 aliphatic heterocycles. The Hall–Kier alpha value is -3.01. The topological polar surface area (TPSA) is 67.8 Å². The number of unbranched alkanes of at least 4 members (excludes halogenated alkanes) is 6. The molecule has 0 bridgehead atoms. The summed E-state index contributed by atoms with van der Waals surface area (Å²) in [5.41, 5.74) is -0.0385. The van der Waals surface area contributed by atoms with Crippen LogP contribution in [0.5, 0.6) is 11.5 Å². The molecule has 0 aliphatic rings. The van der Waals surface area contributed by atoms with Crippen LogP contribution >= 0.6 is 0 Å². The van der Waals surface area contributed by atoms with Crippen LogP contribution in [0, 0.1) is 0 Å². The second kappa shape index (κ2) is 17.9. The summed E-state index contributed by atoms with van der Waals surface area (Å²) in [5.74, 6) is -39.7. The van der Waals surface area contributed by atoms with Gasteiger partial charge in [0, 0.05) is 24.9 Å². The molecular weight excluding hydrogens is 768 g/mol. The summed E-state index contributed by atoms with van der Waals surface area (Å²) in [6.07, 6.45) is -20.5. The predicted molar refractivity (Wildman–Crippen MR) is 145 cm³/mol. The first-order valence-electron chi connectivity index (χ1n) is 15.2. The Morgan fingerprint density at radius 1 is 0.538 bits per heavy atom. The minimum absolute atomic E-state index is 0.00254. The maximum absolute atomic E-state index is 13.7. The third-order valence-electron chi connectivity index (χ3n) is 7.31. The first-order chi connectivity index (χ1) is 23.5. The Balaban J connectivity index is 2.72. The van der Waals surface area contributed by atoms with Crippen molar-refractivity contribution in [3.63, 3.8) is 0 Å². The Morgan fingerprint density at radius 2 is 0.923 bits per heavy atom. The number of aliphatic hydroxyl groups excluding tert-OH is 1. The number of alkyl halides is 18. The fraction of sp³-hybridized carbons (Fsp3) is 0.759. The monoisotopic (exact) mass is 801 g/mol. The van der Waals surface area contributed by atoms with Gasteiger partial charge in [-0.1, -0.05) is 25.7 Å². The molecule has 0 heterocycles. The van der Waals surface area contributed by atoms with Crippen molar-refractivity contribution in [3.8, 4) is 11.5 Å². The van der Waals surface area contributed by atoms with Gasteiger partial charge in [-0.25, -0.2) is 0 Å². The molecule has 23 heteroatoms. The van der Waals surface area contributed by atoms with Crippen LogP contribution < -0.4 is 14.8 Å². The second-order valence-corrected chi connectivity index (χ2v) is 11.4. The quantitative estimate of drug-likeness (QED) is 0.0855. The van der Waals surface area contributed by atoms with Crippen LogP contribution in [-0.2, 0) is 0 Å². The lowest BCUT2D eigenvalue weighted by Gasteiger charge is -2.33. The van der Waals surface area contributed by atoms with Gasteiger partial charge in [0.1, 0.15) is 0 Å². The minimum atomic E-state index is -7.00. The molecule has 0 unspecified atom stereocenters. The lowest BCUT2D eigenvalue weighted by molar-refractivity contribution is -0.396. The van der Waals surface area contributed by atoms with Gasteiger partial charge in [-0.15, -0.1) is 0 Å². The number of halogens is 18. The van der Waals surface area contributed by atoms with Crippen LogP contribution in [0.3, 0.4) is 0 Å². The highest BCUT2D eigenvalue weighted by molar-refractivity contribution is 5.94. The van der Waals surface area contributed by atoms with Crippen molar-refractivity contribution >= 4 is 5.91 Å². The van der Waals surface area contributed by atoms with E-state index in [1.54, 1.807) is 0 Å². The van der Waals surface area contributed by atoms with E-state index in [-0.39, 0.29) is 75.3 Å². The van der Waals surface area contributed by atoms with Crippen molar-refractivity contribution in [2.24, 2.45) is 0 Å². The van der Waals surface area contributed by atoms with Crippen LogP contribution in [0.4, 0.5) is 79.0 Å². The fourth-order valence-corrected chi connectivity index (χ4v) is 4.25. The Morgan fingerprint density at radius 3 is 1.31 bits per heavy atom. The summed E-state index contributed by atoms with van der Waals surface area (Å²) in [5, 5.41) is 11.2. The summed E-state index contributed by atoms with van der Waals surface area (Å²) in [6, 6.07) is 3.59. The molecule has 304 valence electrons. The van der Waals surface area contributed by atoms with Crippen LogP contribution in [-0.4, -0.2) is 85.3 Å².